The van der Waals surface area contributed by atoms with Crippen molar-refractivity contribution in [3.63, 3.8) is 0 Å². The largest absolute Gasteiger partial charge is 0.351 e. The van der Waals surface area contributed by atoms with E-state index in [1.807, 2.05) is 12.1 Å². The van der Waals surface area contributed by atoms with Crippen molar-refractivity contribution in [2.24, 2.45) is 0 Å². The minimum absolute atomic E-state index is 0.0178. The molecular weight excluding hydrogens is 320 g/mol. The van der Waals surface area contributed by atoms with Crippen LogP contribution in [0.1, 0.15) is 37.2 Å². The van der Waals surface area contributed by atoms with E-state index in [-0.39, 0.29) is 23.9 Å². The van der Waals surface area contributed by atoms with Crippen LogP contribution in [-0.2, 0) is 9.59 Å². The second-order valence-electron chi connectivity index (χ2n) is 5.52. The highest BCUT2D eigenvalue weighted by atomic mass is 79.9. The molecule has 4 nitrogen and oxygen atoms in total. The van der Waals surface area contributed by atoms with Gasteiger partial charge in [-0.1, -0.05) is 28.1 Å². The fourth-order valence-electron chi connectivity index (χ4n) is 2.75. The van der Waals surface area contributed by atoms with Gasteiger partial charge in [0.2, 0.25) is 11.8 Å². The van der Waals surface area contributed by atoms with E-state index in [0.29, 0.717) is 12.3 Å². The molecule has 3 rings (SSSR count). The third-order valence-corrected chi connectivity index (χ3v) is 4.44. The molecule has 1 saturated heterocycles. The number of hydrogen-bond donors (Lipinski definition) is 2. The number of nitrogens with one attached hydrogen (secondary N) is 2. The Labute approximate surface area is 126 Å². The Hall–Kier alpha value is -1.36. The molecule has 0 aromatic heterocycles. The summed E-state index contributed by atoms with van der Waals surface area (Å²) in [5.41, 5.74) is 1.25. The number of piperidine rings is 1. The summed E-state index contributed by atoms with van der Waals surface area (Å²) >= 11 is 3.46. The highest BCUT2D eigenvalue weighted by Crippen LogP contribution is 2.41. The summed E-state index contributed by atoms with van der Waals surface area (Å²) in [5, 5.41) is 5.80. The summed E-state index contributed by atoms with van der Waals surface area (Å²) < 4.78 is 1.06. The van der Waals surface area contributed by atoms with Gasteiger partial charge in [-0.05, 0) is 37.0 Å². The maximum atomic E-state index is 12.1. The molecule has 1 heterocycles. The fourth-order valence-corrected chi connectivity index (χ4v) is 3.16. The highest BCUT2D eigenvalue weighted by molar-refractivity contribution is 9.10. The quantitative estimate of drug-likeness (QED) is 0.887. The van der Waals surface area contributed by atoms with Gasteiger partial charge in [-0.3, -0.25) is 9.59 Å². The zero-order chi connectivity index (χ0) is 14.1. The lowest BCUT2D eigenvalue weighted by atomic mass is 10.0. The van der Waals surface area contributed by atoms with Gasteiger partial charge in [-0.15, -0.1) is 0 Å². The van der Waals surface area contributed by atoms with Crippen LogP contribution in [0.5, 0.6) is 0 Å². The van der Waals surface area contributed by atoms with E-state index in [1.54, 1.807) is 0 Å². The van der Waals surface area contributed by atoms with Crippen LogP contribution < -0.4 is 10.6 Å². The van der Waals surface area contributed by atoms with E-state index >= 15 is 0 Å². The van der Waals surface area contributed by atoms with Crippen molar-refractivity contribution in [1.29, 1.82) is 0 Å². The van der Waals surface area contributed by atoms with Crippen LogP contribution >= 0.6 is 15.9 Å². The monoisotopic (exact) mass is 336 g/mol. The van der Waals surface area contributed by atoms with Crippen LogP contribution in [0.15, 0.2) is 28.7 Å². The number of amides is 2. The van der Waals surface area contributed by atoms with Gasteiger partial charge >= 0.3 is 0 Å². The first kappa shape index (κ1) is 13.6. The summed E-state index contributed by atoms with van der Waals surface area (Å²) in [6.45, 7) is 0. The van der Waals surface area contributed by atoms with E-state index in [1.165, 1.54) is 5.56 Å². The lowest BCUT2D eigenvalue weighted by Gasteiger charge is -2.22. The third-order valence-electron chi connectivity index (χ3n) is 3.94. The van der Waals surface area contributed by atoms with Gasteiger partial charge in [-0.25, -0.2) is 0 Å². The number of rotatable bonds is 3. The first-order valence-electron chi connectivity index (χ1n) is 6.98. The maximum absolute atomic E-state index is 12.1. The molecule has 1 aromatic rings. The smallest absolute Gasteiger partial charge is 0.242 e. The average Bonchev–Trinajstić information content (AvgIpc) is 3.18. The molecule has 20 heavy (non-hydrogen) atoms. The molecule has 3 atom stereocenters. The molecule has 1 aliphatic heterocycles. The Morgan fingerprint density at radius 1 is 1.40 bits per heavy atom. The van der Waals surface area contributed by atoms with E-state index in [9.17, 15) is 9.59 Å². The first-order valence-corrected chi connectivity index (χ1v) is 7.78. The molecule has 5 heteroatoms. The molecule has 0 spiro atoms. The van der Waals surface area contributed by atoms with Crippen molar-refractivity contribution < 1.29 is 9.59 Å². The molecule has 2 N–H and O–H groups in total. The van der Waals surface area contributed by atoms with Crippen molar-refractivity contribution in [2.75, 3.05) is 0 Å². The highest BCUT2D eigenvalue weighted by Gasteiger charge is 2.40. The van der Waals surface area contributed by atoms with E-state index in [2.05, 4.69) is 38.7 Å². The molecule has 2 fully saturated rings. The number of benzene rings is 1. The number of carbonyl (C=O) groups excluding carboxylic acids is 2. The predicted molar refractivity (Wildman–Crippen MR) is 79.2 cm³/mol. The summed E-state index contributed by atoms with van der Waals surface area (Å²) in [5.74, 6) is 0.340. The minimum Gasteiger partial charge on any atom is -0.351 e. The lowest BCUT2D eigenvalue weighted by molar-refractivity contribution is -0.131. The summed E-state index contributed by atoms with van der Waals surface area (Å²) in [4.78, 5) is 23.4. The van der Waals surface area contributed by atoms with Crippen LogP contribution in [0.4, 0.5) is 0 Å². The van der Waals surface area contributed by atoms with Gasteiger partial charge in [0.05, 0.1) is 0 Å². The van der Waals surface area contributed by atoms with E-state index in [4.69, 9.17) is 0 Å². The van der Waals surface area contributed by atoms with E-state index < -0.39 is 0 Å². The molecule has 1 aliphatic carbocycles. The van der Waals surface area contributed by atoms with Gasteiger partial charge in [0.25, 0.3) is 0 Å². The second-order valence-corrected chi connectivity index (χ2v) is 6.44. The molecular formula is C15H17BrN2O2. The molecule has 1 aromatic carbocycles. The number of carbonyl (C=O) groups is 2. The first-order chi connectivity index (χ1) is 9.63. The Morgan fingerprint density at radius 2 is 2.25 bits per heavy atom. The molecule has 0 radical (unpaired) electrons. The van der Waals surface area contributed by atoms with Crippen molar-refractivity contribution >= 4 is 27.7 Å². The third kappa shape index (κ3) is 3.03. The number of halogens is 1. The number of hydrogen-bond acceptors (Lipinski definition) is 2. The Morgan fingerprint density at radius 3 is 3.00 bits per heavy atom. The van der Waals surface area contributed by atoms with Crippen molar-refractivity contribution in [3.8, 4) is 0 Å². The molecule has 2 unspecified atom stereocenters. The predicted octanol–water partition coefficient (Wildman–Crippen LogP) is 2.09. The van der Waals surface area contributed by atoms with Gasteiger partial charge in [0, 0.05) is 22.9 Å². The second kappa shape index (κ2) is 5.56. The summed E-state index contributed by atoms with van der Waals surface area (Å²) in [6.07, 6.45) is 3.05. The Balaban J connectivity index is 1.55. The molecule has 1 saturated carbocycles. The van der Waals surface area contributed by atoms with Crippen molar-refractivity contribution in [3.05, 3.63) is 34.3 Å². The molecule has 106 valence electrons. The SMILES string of the molecule is O=C1CCC[C@H](C(=O)NC2CC2c2cccc(Br)c2)N1. The average molecular weight is 337 g/mol. The minimum atomic E-state index is -0.347. The normalized spacial score (nSPS) is 28.6. The van der Waals surface area contributed by atoms with Crippen LogP contribution in [0.3, 0.4) is 0 Å². The van der Waals surface area contributed by atoms with Crippen LogP contribution in [-0.4, -0.2) is 23.9 Å². The zero-order valence-electron chi connectivity index (χ0n) is 11.1. The van der Waals surface area contributed by atoms with Gasteiger partial charge < -0.3 is 10.6 Å². The maximum Gasteiger partial charge on any atom is 0.242 e. The molecule has 0 bridgehead atoms. The van der Waals surface area contributed by atoms with Crippen LogP contribution in [0, 0.1) is 0 Å². The van der Waals surface area contributed by atoms with Gasteiger partial charge in [0.15, 0.2) is 0 Å². The van der Waals surface area contributed by atoms with Crippen LogP contribution in [0.25, 0.3) is 0 Å². The standard InChI is InChI=1S/C15H17BrN2O2/c16-10-4-1-3-9(7-10)11-8-13(11)18-15(20)12-5-2-6-14(19)17-12/h1,3-4,7,11-13H,2,5-6,8H2,(H,17,19)(H,18,20)/t11?,12-,13?/m1/s1. The topological polar surface area (TPSA) is 58.2 Å². The summed E-state index contributed by atoms with van der Waals surface area (Å²) in [7, 11) is 0. The Kier molecular flexibility index (Phi) is 3.78. The van der Waals surface area contributed by atoms with Gasteiger partial charge in [-0.2, -0.15) is 0 Å². The van der Waals surface area contributed by atoms with Gasteiger partial charge in [0.1, 0.15) is 6.04 Å². The zero-order valence-corrected chi connectivity index (χ0v) is 12.7. The summed E-state index contributed by atoms with van der Waals surface area (Å²) in [6, 6.07) is 8.05. The van der Waals surface area contributed by atoms with Crippen molar-refractivity contribution in [2.45, 2.75) is 43.7 Å². The fraction of sp³-hybridized carbons (Fsp3) is 0.467. The van der Waals surface area contributed by atoms with Crippen molar-refractivity contribution in [1.82, 2.24) is 10.6 Å². The Bertz CT molecular complexity index is 546. The molecule has 2 amide bonds. The van der Waals surface area contributed by atoms with E-state index in [0.717, 1.165) is 23.7 Å². The lowest BCUT2D eigenvalue weighted by Crippen LogP contribution is -2.49. The molecule has 2 aliphatic rings. The van der Waals surface area contributed by atoms with Crippen LogP contribution in [0.2, 0.25) is 0 Å².